The number of carbonyl (C=O) groups is 1. The molecule has 2 nitrogen and oxygen atoms in total. The number of rotatable bonds is 7. The highest BCUT2D eigenvalue weighted by Gasteiger charge is 2.02. The molecule has 0 aliphatic rings. The number of esters is 1. The summed E-state index contributed by atoms with van der Waals surface area (Å²) in [7, 11) is 0. The third-order valence-corrected chi connectivity index (χ3v) is 2.26. The van der Waals surface area contributed by atoms with Crippen LogP contribution >= 0.6 is 11.6 Å². The normalized spacial score (nSPS) is 12.5. The van der Waals surface area contributed by atoms with Gasteiger partial charge in [-0.2, -0.15) is 0 Å². The Labute approximate surface area is 85.6 Å². The van der Waals surface area contributed by atoms with Crippen LogP contribution in [0.5, 0.6) is 0 Å². The van der Waals surface area contributed by atoms with E-state index in [9.17, 15) is 4.79 Å². The second kappa shape index (κ2) is 8.36. The lowest BCUT2D eigenvalue weighted by atomic mass is 10.1. The van der Waals surface area contributed by atoms with Gasteiger partial charge in [-0.3, -0.25) is 4.79 Å². The largest absolute Gasteiger partial charge is 0.466 e. The van der Waals surface area contributed by atoms with Gasteiger partial charge in [0.05, 0.1) is 6.61 Å². The molecule has 78 valence electrons. The fourth-order valence-electron chi connectivity index (χ4n) is 1.14. The molecule has 0 rings (SSSR count). The highest BCUT2D eigenvalue weighted by molar-refractivity contribution is 6.20. The van der Waals surface area contributed by atoms with Crippen LogP contribution in [0.2, 0.25) is 0 Å². The molecule has 0 aliphatic carbocycles. The summed E-state index contributed by atoms with van der Waals surface area (Å²) < 4.78 is 4.80. The summed E-state index contributed by atoms with van der Waals surface area (Å²) >= 11 is 6.01. The maximum atomic E-state index is 10.4. The Kier molecular flexibility index (Phi) is 8.21. The van der Waals surface area contributed by atoms with Crippen molar-refractivity contribution in [3.63, 3.8) is 0 Å². The Balaban J connectivity index is 3.11. The molecule has 1 atom stereocenters. The Bertz CT molecular complexity index is 137. The molecule has 0 aromatic rings. The van der Waals surface area contributed by atoms with Crippen molar-refractivity contribution in [3.05, 3.63) is 0 Å². The van der Waals surface area contributed by atoms with Gasteiger partial charge >= 0.3 is 5.97 Å². The maximum Gasteiger partial charge on any atom is 0.302 e. The lowest BCUT2D eigenvalue weighted by Crippen LogP contribution is -2.02. The first-order chi connectivity index (χ1) is 6.16. The average Bonchev–Trinajstić information content (AvgIpc) is 2.03. The van der Waals surface area contributed by atoms with Crippen LogP contribution in [0.4, 0.5) is 0 Å². The van der Waals surface area contributed by atoms with Gasteiger partial charge in [0.25, 0.3) is 0 Å². The van der Waals surface area contributed by atoms with E-state index in [0.29, 0.717) is 12.0 Å². The van der Waals surface area contributed by atoms with Crippen LogP contribution in [-0.4, -0.2) is 18.0 Å². The number of halogens is 1. The number of unbranched alkanes of at least 4 members (excludes halogenated alkanes) is 1. The maximum absolute atomic E-state index is 10.4. The number of hydrogen-bond donors (Lipinski definition) is 0. The predicted octanol–water partition coefficient (Wildman–Crippen LogP) is 3.13. The van der Waals surface area contributed by atoms with Crippen molar-refractivity contribution in [1.29, 1.82) is 0 Å². The standard InChI is InChI=1S/C10H19ClO2/c1-3-6-10(11)7-4-5-8-13-9(2)12/h10H,3-8H2,1-2H3. The minimum absolute atomic E-state index is 0.198. The van der Waals surface area contributed by atoms with E-state index in [1.165, 1.54) is 6.92 Å². The van der Waals surface area contributed by atoms with Gasteiger partial charge in [-0.15, -0.1) is 11.6 Å². The van der Waals surface area contributed by atoms with Crippen LogP contribution in [0.1, 0.15) is 46.0 Å². The third kappa shape index (κ3) is 9.68. The van der Waals surface area contributed by atoms with Crippen molar-refractivity contribution in [2.45, 2.75) is 51.3 Å². The lowest BCUT2D eigenvalue weighted by Gasteiger charge is -2.07. The van der Waals surface area contributed by atoms with Gasteiger partial charge in [0, 0.05) is 12.3 Å². The van der Waals surface area contributed by atoms with E-state index in [4.69, 9.17) is 16.3 Å². The Morgan fingerprint density at radius 1 is 1.38 bits per heavy atom. The smallest absolute Gasteiger partial charge is 0.302 e. The molecule has 0 aromatic heterocycles. The topological polar surface area (TPSA) is 26.3 Å². The van der Waals surface area contributed by atoms with E-state index in [1.54, 1.807) is 0 Å². The zero-order valence-electron chi connectivity index (χ0n) is 8.51. The molecule has 0 heterocycles. The second-order valence-corrected chi connectivity index (χ2v) is 3.84. The van der Waals surface area contributed by atoms with Gasteiger partial charge in [0.15, 0.2) is 0 Å². The highest BCUT2D eigenvalue weighted by Crippen LogP contribution is 2.12. The molecule has 0 saturated carbocycles. The van der Waals surface area contributed by atoms with E-state index in [-0.39, 0.29) is 5.97 Å². The van der Waals surface area contributed by atoms with Gasteiger partial charge in [0.2, 0.25) is 0 Å². The molecule has 0 saturated heterocycles. The molecule has 0 aromatic carbocycles. The molecule has 13 heavy (non-hydrogen) atoms. The van der Waals surface area contributed by atoms with Gasteiger partial charge < -0.3 is 4.74 Å². The molecule has 0 spiro atoms. The van der Waals surface area contributed by atoms with Crippen LogP contribution in [0.15, 0.2) is 0 Å². The lowest BCUT2D eigenvalue weighted by molar-refractivity contribution is -0.141. The number of alkyl halides is 1. The SMILES string of the molecule is CCCC(Cl)CCCCOC(C)=O. The van der Waals surface area contributed by atoms with E-state index in [0.717, 1.165) is 32.1 Å². The van der Waals surface area contributed by atoms with E-state index < -0.39 is 0 Å². The Morgan fingerprint density at radius 3 is 2.62 bits per heavy atom. The monoisotopic (exact) mass is 206 g/mol. The van der Waals surface area contributed by atoms with E-state index >= 15 is 0 Å². The van der Waals surface area contributed by atoms with Crippen LogP contribution < -0.4 is 0 Å². The third-order valence-electron chi connectivity index (χ3n) is 1.82. The first-order valence-corrected chi connectivity index (χ1v) is 5.38. The first kappa shape index (κ1) is 12.8. The summed E-state index contributed by atoms with van der Waals surface area (Å²) in [6.45, 7) is 4.10. The highest BCUT2D eigenvalue weighted by atomic mass is 35.5. The molecular weight excluding hydrogens is 188 g/mol. The second-order valence-electron chi connectivity index (χ2n) is 3.22. The number of hydrogen-bond acceptors (Lipinski definition) is 2. The number of ether oxygens (including phenoxy) is 1. The van der Waals surface area contributed by atoms with Gasteiger partial charge in [-0.05, 0) is 25.7 Å². The van der Waals surface area contributed by atoms with Gasteiger partial charge in [-0.1, -0.05) is 13.3 Å². The summed E-state index contributed by atoms with van der Waals surface area (Å²) in [6.07, 6.45) is 5.21. The van der Waals surface area contributed by atoms with Crippen molar-refractivity contribution in [2.24, 2.45) is 0 Å². The summed E-state index contributed by atoms with van der Waals surface area (Å²) in [6, 6.07) is 0. The van der Waals surface area contributed by atoms with Crippen molar-refractivity contribution in [2.75, 3.05) is 6.61 Å². The fourth-order valence-corrected chi connectivity index (χ4v) is 1.51. The minimum atomic E-state index is -0.198. The molecule has 0 N–H and O–H groups in total. The fraction of sp³-hybridized carbons (Fsp3) is 0.900. The summed E-state index contributed by atoms with van der Waals surface area (Å²) in [5, 5.41) is 0.294. The number of carbonyl (C=O) groups excluding carboxylic acids is 1. The first-order valence-electron chi connectivity index (χ1n) is 4.94. The van der Waals surface area contributed by atoms with Crippen LogP contribution in [0.25, 0.3) is 0 Å². The zero-order valence-corrected chi connectivity index (χ0v) is 9.27. The molecular formula is C10H19ClO2. The van der Waals surface area contributed by atoms with Gasteiger partial charge in [-0.25, -0.2) is 0 Å². The summed E-state index contributed by atoms with van der Waals surface area (Å²) in [5.74, 6) is -0.198. The average molecular weight is 207 g/mol. The van der Waals surface area contributed by atoms with Crippen LogP contribution in [0.3, 0.4) is 0 Å². The Morgan fingerprint density at radius 2 is 2.08 bits per heavy atom. The molecule has 0 fully saturated rings. The summed E-state index contributed by atoms with van der Waals surface area (Å²) in [5.41, 5.74) is 0. The summed E-state index contributed by atoms with van der Waals surface area (Å²) in [4.78, 5) is 10.4. The molecule has 1 unspecified atom stereocenters. The predicted molar refractivity (Wildman–Crippen MR) is 55.0 cm³/mol. The van der Waals surface area contributed by atoms with E-state index in [1.807, 2.05) is 0 Å². The van der Waals surface area contributed by atoms with Crippen LogP contribution in [0, 0.1) is 0 Å². The van der Waals surface area contributed by atoms with Crippen LogP contribution in [-0.2, 0) is 9.53 Å². The van der Waals surface area contributed by atoms with E-state index in [2.05, 4.69) is 6.92 Å². The molecule has 0 radical (unpaired) electrons. The molecule has 0 amide bonds. The Hall–Kier alpha value is -0.240. The molecule has 0 bridgehead atoms. The molecule has 3 heteroatoms. The van der Waals surface area contributed by atoms with Crippen molar-refractivity contribution < 1.29 is 9.53 Å². The molecule has 0 aliphatic heterocycles. The van der Waals surface area contributed by atoms with Crippen molar-refractivity contribution >= 4 is 17.6 Å². The van der Waals surface area contributed by atoms with Gasteiger partial charge in [0.1, 0.15) is 0 Å². The van der Waals surface area contributed by atoms with Crippen molar-refractivity contribution in [1.82, 2.24) is 0 Å². The minimum Gasteiger partial charge on any atom is -0.466 e. The quantitative estimate of drug-likeness (QED) is 0.364. The zero-order chi connectivity index (χ0) is 10.1. The van der Waals surface area contributed by atoms with Crippen molar-refractivity contribution in [3.8, 4) is 0 Å².